The average Bonchev–Trinajstić information content (AvgIpc) is 2.78. The normalized spacial score (nSPS) is 10.2. The van der Waals surface area contributed by atoms with Gasteiger partial charge in [0.15, 0.2) is 23.0 Å². The van der Waals surface area contributed by atoms with E-state index < -0.39 is 0 Å². The number of nitriles is 1. The molecular formula is C23H23N3O4. The highest BCUT2D eigenvalue weighted by atomic mass is 16.5. The third kappa shape index (κ3) is 3.94. The van der Waals surface area contributed by atoms with Gasteiger partial charge in [0.25, 0.3) is 0 Å². The summed E-state index contributed by atoms with van der Waals surface area (Å²) in [6, 6.07) is 14.9. The Kier molecular flexibility index (Phi) is 6.28. The summed E-state index contributed by atoms with van der Waals surface area (Å²) in [6.07, 6.45) is 0. The molecule has 0 bridgehead atoms. The Morgan fingerprint density at radius 3 is 2.10 bits per heavy atom. The molecule has 0 aliphatic rings. The number of methoxy groups -OCH3 is 3. The number of hydrogen-bond donors (Lipinski definition) is 1. The summed E-state index contributed by atoms with van der Waals surface area (Å²) in [7, 11) is 4.72. The van der Waals surface area contributed by atoms with E-state index >= 15 is 0 Å². The van der Waals surface area contributed by atoms with Crippen LogP contribution in [0.15, 0.2) is 42.5 Å². The van der Waals surface area contributed by atoms with Crippen molar-refractivity contribution >= 4 is 5.82 Å². The minimum absolute atomic E-state index is 0.146. The van der Waals surface area contributed by atoms with Crippen molar-refractivity contribution in [2.75, 3.05) is 33.7 Å². The number of ether oxygens (including phenoxy) is 4. The standard InChI is InChI=1S/C23H23N3O4/c1-5-30-20-9-6-14(10-22(20)29-4)16-12-18(26-23(25)17(16)13-24)15-7-8-19(27-2)21(11-15)28-3/h6-12H,5H2,1-4H3,(H2,25,26). The maximum Gasteiger partial charge on any atom is 0.161 e. The van der Waals surface area contributed by atoms with E-state index in [1.165, 1.54) is 0 Å². The molecule has 0 fully saturated rings. The van der Waals surface area contributed by atoms with E-state index in [1.54, 1.807) is 27.4 Å². The van der Waals surface area contributed by atoms with Crippen LogP contribution >= 0.6 is 0 Å². The van der Waals surface area contributed by atoms with Crippen LogP contribution in [0.4, 0.5) is 5.82 Å². The fourth-order valence-electron chi connectivity index (χ4n) is 3.16. The number of nitrogens with two attached hydrogens (primary N) is 1. The van der Waals surface area contributed by atoms with Crippen molar-refractivity contribution in [3.05, 3.63) is 48.0 Å². The predicted octanol–water partition coefficient (Wildman–Crippen LogP) is 4.29. The van der Waals surface area contributed by atoms with Gasteiger partial charge >= 0.3 is 0 Å². The fraction of sp³-hybridized carbons (Fsp3) is 0.217. The molecule has 3 aromatic rings. The Morgan fingerprint density at radius 1 is 0.867 bits per heavy atom. The Morgan fingerprint density at radius 2 is 1.47 bits per heavy atom. The van der Waals surface area contributed by atoms with Crippen molar-refractivity contribution in [1.82, 2.24) is 4.98 Å². The van der Waals surface area contributed by atoms with Crippen LogP contribution in [-0.4, -0.2) is 32.9 Å². The van der Waals surface area contributed by atoms with Gasteiger partial charge in [0.1, 0.15) is 17.5 Å². The summed E-state index contributed by atoms with van der Waals surface area (Å²) in [5, 5.41) is 9.68. The number of benzene rings is 2. The molecule has 2 N–H and O–H groups in total. The maximum absolute atomic E-state index is 9.68. The third-order valence-corrected chi connectivity index (χ3v) is 4.61. The predicted molar refractivity (Wildman–Crippen MR) is 115 cm³/mol. The second-order valence-electron chi connectivity index (χ2n) is 6.30. The van der Waals surface area contributed by atoms with Crippen LogP contribution in [0.1, 0.15) is 12.5 Å². The van der Waals surface area contributed by atoms with Crippen LogP contribution in [0.25, 0.3) is 22.4 Å². The van der Waals surface area contributed by atoms with Gasteiger partial charge in [-0.05, 0) is 48.9 Å². The summed E-state index contributed by atoms with van der Waals surface area (Å²) < 4.78 is 21.7. The topological polar surface area (TPSA) is 99.6 Å². The van der Waals surface area contributed by atoms with Crippen molar-refractivity contribution in [2.24, 2.45) is 0 Å². The van der Waals surface area contributed by atoms with Gasteiger partial charge in [0.2, 0.25) is 0 Å². The van der Waals surface area contributed by atoms with Crippen LogP contribution in [0.2, 0.25) is 0 Å². The molecule has 2 aromatic carbocycles. The minimum atomic E-state index is 0.146. The highest BCUT2D eigenvalue weighted by Gasteiger charge is 2.16. The van der Waals surface area contributed by atoms with E-state index in [0.29, 0.717) is 46.4 Å². The summed E-state index contributed by atoms with van der Waals surface area (Å²) in [5.74, 6) is 2.53. The smallest absolute Gasteiger partial charge is 0.161 e. The Bertz CT molecular complexity index is 1110. The van der Waals surface area contributed by atoms with Crippen molar-refractivity contribution in [1.29, 1.82) is 5.26 Å². The van der Waals surface area contributed by atoms with Crippen LogP contribution < -0.4 is 24.7 Å². The Hall–Kier alpha value is -3.92. The van der Waals surface area contributed by atoms with Crippen molar-refractivity contribution in [2.45, 2.75) is 6.92 Å². The first-order valence-electron chi connectivity index (χ1n) is 9.30. The molecule has 1 heterocycles. The van der Waals surface area contributed by atoms with Crippen LogP contribution in [-0.2, 0) is 0 Å². The number of aromatic nitrogens is 1. The van der Waals surface area contributed by atoms with Gasteiger partial charge in [-0.3, -0.25) is 0 Å². The summed E-state index contributed by atoms with van der Waals surface area (Å²) in [5.41, 5.74) is 9.24. The number of rotatable bonds is 7. The van der Waals surface area contributed by atoms with Crippen molar-refractivity contribution in [3.8, 4) is 51.5 Å². The highest BCUT2D eigenvalue weighted by molar-refractivity contribution is 5.81. The highest BCUT2D eigenvalue weighted by Crippen LogP contribution is 2.38. The molecular weight excluding hydrogens is 382 g/mol. The van der Waals surface area contributed by atoms with E-state index in [2.05, 4.69) is 11.1 Å². The second-order valence-corrected chi connectivity index (χ2v) is 6.30. The van der Waals surface area contributed by atoms with E-state index in [1.807, 2.05) is 43.3 Å². The molecule has 3 rings (SSSR count). The molecule has 0 aliphatic carbocycles. The van der Waals surface area contributed by atoms with E-state index in [0.717, 1.165) is 11.1 Å². The van der Waals surface area contributed by atoms with Crippen LogP contribution in [0, 0.1) is 11.3 Å². The molecule has 0 radical (unpaired) electrons. The minimum Gasteiger partial charge on any atom is -0.493 e. The zero-order chi connectivity index (χ0) is 21.7. The molecule has 30 heavy (non-hydrogen) atoms. The zero-order valence-electron chi connectivity index (χ0n) is 17.4. The second kappa shape index (κ2) is 9.05. The lowest BCUT2D eigenvalue weighted by Crippen LogP contribution is -2.01. The van der Waals surface area contributed by atoms with Gasteiger partial charge in [-0.1, -0.05) is 6.07 Å². The SMILES string of the molecule is CCOc1ccc(-c2cc(-c3ccc(OC)c(OC)c3)nc(N)c2C#N)cc1OC. The van der Waals surface area contributed by atoms with Crippen LogP contribution in [0.3, 0.4) is 0 Å². The molecule has 0 saturated heterocycles. The van der Waals surface area contributed by atoms with Gasteiger partial charge < -0.3 is 24.7 Å². The number of nitrogens with zero attached hydrogens (tertiary/aromatic N) is 2. The molecule has 0 unspecified atom stereocenters. The number of hydrogen-bond acceptors (Lipinski definition) is 7. The molecule has 0 spiro atoms. The lowest BCUT2D eigenvalue weighted by atomic mass is 9.98. The number of nitrogen functional groups attached to an aromatic ring is 1. The van der Waals surface area contributed by atoms with E-state index in [-0.39, 0.29) is 5.82 Å². The fourth-order valence-corrected chi connectivity index (χ4v) is 3.16. The Balaban J connectivity index is 2.17. The molecule has 1 aromatic heterocycles. The van der Waals surface area contributed by atoms with Gasteiger partial charge in [0.05, 0.1) is 33.6 Å². The largest absolute Gasteiger partial charge is 0.493 e. The van der Waals surface area contributed by atoms with Crippen LogP contribution in [0.5, 0.6) is 23.0 Å². The molecule has 0 amide bonds. The zero-order valence-corrected chi connectivity index (χ0v) is 17.4. The third-order valence-electron chi connectivity index (χ3n) is 4.61. The molecule has 0 aliphatic heterocycles. The molecule has 7 heteroatoms. The average molecular weight is 405 g/mol. The molecule has 7 nitrogen and oxygen atoms in total. The Labute approximate surface area is 175 Å². The van der Waals surface area contributed by atoms with Crippen molar-refractivity contribution in [3.63, 3.8) is 0 Å². The van der Waals surface area contributed by atoms with E-state index in [4.69, 9.17) is 24.7 Å². The quantitative estimate of drug-likeness (QED) is 0.626. The summed E-state index contributed by atoms with van der Waals surface area (Å²) >= 11 is 0. The first-order chi connectivity index (χ1) is 14.6. The molecule has 0 saturated carbocycles. The lowest BCUT2D eigenvalue weighted by molar-refractivity contribution is 0.311. The monoisotopic (exact) mass is 405 g/mol. The summed E-state index contributed by atoms with van der Waals surface area (Å²) in [6.45, 7) is 2.42. The maximum atomic E-state index is 9.68. The van der Waals surface area contributed by atoms with E-state index in [9.17, 15) is 5.26 Å². The van der Waals surface area contributed by atoms with Crippen molar-refractivity contribution < 1.29 is 18.9 Å². The van der Waals surface area contributed by atoms with Gasteiger partial charge in [-0.25, -0.2) is 4.98 Å². The first-order valence-corrected chi connectivity index (χ1v) is 9.30. The number of anilines is 1. The van der Waals surface area contributed by atoms with Gasteiger partial charge in [-0.2, -0.15) is 5.26 Å². The number of pyridine rings is 1. The molecule has 154 valence electrons. The summed E-state index contributed by atoms with van der Waals surface area (Å²) in [4.78, 5) is 4.42. The van der Waals surface area contributed by atoms with Gasteiger partial charge in [0, 0.05) is 11.1 Å². The van der Waals surface area contributed by atoms with Gasteiger partial charge in [-0.15, -0.1) is 0 Å². The molecule has 0 atom stereocenters. The lowest BCUT2D eigenvalue weighted by Gasteiger charge is -2.14. The first kappa shape index (κ1) is 20.8.